The Balaban J connectivity index is 2.23. The van der Waals surface area contributed by atoms with Gasteiger partial charge in [-0.2, -0.15) is 0 Å². The number of hydrogen-bond donors (Lipinski definition) is 1. The van der Waals surface area contributed by atoms with Crippen molar-refractivity contribution in [3.05, 3.63) is 58.6 Å². The minimum Gasteiger partial charge on any atom is -0.456 e. The first-order valence-corrected chi connectivity index (χ1v) is 6.24. The molecule has 2 rings (SSSR count). The van der Waals surface area contributed by atoms with Gasteiger partial charge in [0, 0.05) is 6.04 Å². The lowest BCUT2D eigenvalue weighted by Gasteiger charge is -2.11. The van der Waals surface area contributed by atoms with E-state index in [0.717, 1.165) is 21.5 Å². The summed E-state index contributed by atoms with van der Waals surface area (Å²) in [5, 5.41) is 0. The summed E-state index contributed by atoms with van der Waals surface area (Å²) < 4.78 is 6.67. The summed E-state index contributed by atoms with van der Waals surface area (Å²) >= 11 is 3.49. The van der Waals surface area contributed by atoms with Crippen molar-refractivity contribution in [2.45, 2.75) is 13.0 Å². The summed E-state index contributed by atoms with van der Waals surface area (Å²) in [4.78, 5) is 0. The van der Waals surface area contributed by atoms with Gasteiger partial charge in [-0.25, -0.2) is 0 Å². The van der Waals surface area contributed by atoms with Crippen LogP contribution in [0.25, 0.3) is 0 Å². The van der Waals surface area contributed by atoms with Gasteiger partial charge in [0.05, 0.1) is 4.47 Å². The number of hydrogen-bond acceptors (Lipinski definition) is 2. The lowest BCUT2D eigenvalue weighted by atomic mass is 10.1. The highest BCUT2D eigenvalue weighted by Gasteiger charge is 2.06. The highest BCUT2D eigenvalue weighted by atomic mass is 79.9. The quantitative estimate of drug-likeness (QED) is 0.917. The van der Waals surface area contributed by atoms with Gasteiger partial charge in [0.25, 0.3) is 0 Å². The van der Waals surface area contributed by atoms with Crippen molar-refractivity contribution in [1.82, 2.24) is 0 Å². The van der Waals surface area contributed by atoms with Gasteiger partial charge in [0.15, 0.2) is 0 Å². The Morgan fingerprint density at radius 1 is 1.12 bits per heavy atom. The third-order valence-corrected chi connectivity index (χ3v) is 3.07. The van der Waals surface area contributed by atoms with Crippen LogP contribution in [0, 0.1) is 0 Å². The Hall–Kier alpha value is -1.32. The molecule has 2 aromatic carbocycles. The molecule has 0 saturated carbocycles. The summed E-state index contributed by atoms with van der Waals surface area (Å²) in [5.74, 6) is 1.61. The minimum atomic E-state index is 0.0251. The largest absolute Gasteiger partial charge is 0.456 e. The van der Waals surface area contributed by atoms with Crippen molar-refractivity contribution in [1.29, 1.82) is 0 Å². The second-order valence-corrected chi connectivity index (χ2v) is 4.75. The van der Waals surface area contributed by atoms with Gasteiger partial charge >= 0.3 is 0 Å². The Bertz CT molecular complexity index is 497. The molecule has 0 aliphatic carbocycles. The molecule has 88 valence electrons. The van der Waals surface area contributed by atoms with Crippen molar-refractivity contribution in [3.63, 3.8) is 0 Å². The average Bonchev–Trinajstić information content (AvgIpc) is 2.33. The highest BCUT2D eigenvalue weighted by Crippen LogP contribution is 2.31. The molecule has 0 heterocycles. The molecule has 2 nitrogen and oxygen atoms in total. The molecular weight excluding hydrogens is 278 g/mol. The van der Waals surface area contributed by atoms with Crippen molar-refractivity contribution in [2.24, 2.45) is 5.73 Å². The maximum absolute atomic E-state index is 5.82. The van der Waals surface area contributed by atoms with Crippen molar-refractivity contribution >= 4 is 15.9 Å². The SMILES string of the molecule is C[C@@H](N)c1ccc(Oc2ccccc2)c(Br)c1. The molecule has 0 unspecified atom stereocenters. The van der Waals surface area contributed by atoms with E-state index in [1.54, 1.807) is 0 Å². The fourth-order valence-corrected chi connectivity index (χ4v) is 1.98. The Morgan fingerprint density at radius 3 is 2.41 bits per heavy atom. The minimum absolute atomic E-state index is 0.0251. The van der Waals surface area contributed by atoms with Crippen LogP contribution in [-0.4, -0.2) is 0 Å². The summed E-state index contributed by atoms with van der Waals surface area (Å²) in [7, 11) is 0. The van der Waals surface area contributed by atoms with E-state index in [1.165, 1.54) is 0 Å². The monoisotopic (exact) mass is 291 g/mol. The van der Waals surface area contributed by atoms with Crippen molar-refractivity contribution < 1.29 is 4.74 Å². The van der Waals surface area contributed by atoms with Gasteiger partial charge in [-0.3, -0.25) is 0 Å². The van der Waals surface area contributed by atoms with Crippen molar-refractivity contribution in [3.8, 4) is 11.5 Å². The maximum Gasteiger partial charge on any atom is 0.141 e. The topological polar surface area (TPSA) is 35.2 Å². The average molecular weight is 292 g/mol. The molecule has 0 spiro atoms. The molecule has 0 aliphatic rings. The van der Waals surface area contributed by atoms with Crippen LogP contribution in [0.4, 0.5) is 0 Å². The standard InChI is InChI=1S/C14H14BrNO/c1-10(16)11-7-8-14(13(15)9-11)17-12-5-3-2-4-6-12/h2-10H,16H2,1H3/t10-/m1/s1. The lowest BCUT2D eigenvalue weighted by molar-refractivity contribution is 0.479. The van der Waals surface area contributed by atoms with E-state index in [0.29, 0.717) is 0 Å². The van der Waals surface area contributed by atoms with Crippen LogP contribution in [0.2, 0.25) is 0 Å². The Morgan fingerprint density at radius 2 is 1.82 bits per heavy atom. The van der Waals surface area contributed by atoms with Crippen LogP contribution in [0.5, 0.6) is 11.5 Å². The van der Waals surface area contributed by atoms with Gasteiger partial charge < -0.3 is 10.5 Å². The van der Waals surface area contributed by atoms with E-state index in [2.05, 4.69) is 15.9 Å². The van der Waals surface area contributed by atoms with E-state index in [-0.39, 0.29) is 6.04 Å². The van der Waals surface area contributed by atoms with Crippen LogP contribution in [0.3, 0.4) is 0 Å². The first kappa shape index (κ1) is 12.1. The number of rotatable bonds is 3. The van der Waals surface area contributed by atoms with Crippen LogP contribution in [-0.2, 0) is 0 Å². The number of nitrogens with two attached hydrogens (primary N) is 1. The third-order valence-electron chi connectivity index (χ3n) is 2.45. The molecule has 3 heteroatoms. The van der Waals surface area contributed by atoms with Crippen LogP contribution < -0.4 is 10.5 Å². The van der Waals surface area contributed by atoms with Gasteiger partial charge in [-0.05, 0) is 52.7 Å². The van der Waals surface area contributed by atoms with Gasteiger partial charge in [-0.15, -0.1) is 0 Å². The number of para-hydroxylation sites is 1. The summed E-state index contributed by atoms with van der Waals surface area (Å²) in [6.07, 6.45) is 0. The second-order valence-electron chi connectivity index (χ2n) is 3.89. The van der Waals surface area contributed by atoms with Crippen LogP contribution in [0.15, 0.2) is 53.0 Å². The molecule has 1 atom stereocenters. The number of benzene rings is 2. The molecule has 0 aliphatic heterocycles. The fraction of sp³-hybridized carbons (Fsp3) is 0.143. The zero-order valence-electron chi connectivity index (χ0n) is 9.56. The molecule has 2 N–H and O–H groups in total. The molecule has 0 radical (unpaired) electrons. The van der Waals surface area contributed by atoms with Gasteiger partial charge in [0.2, 0.25) is 0 Å². The maximum atomic E-state index is 5.82. The van der Waals surface area contributed by atoms with Crippen molar-refractivity contribution in [2.75, 3.05) is 0 Å². The molecule has 0 aromatic heterocycles. The molecule has 0 amide bonds. The lowest BCUT2D eigenvalue weighted by Crippen LogP contribution is -2.04. The molecular formula is C14H14BrNO. The Labute approximate surface area is 110 Å². The first-order valence-electron chi connectivity index (χ1n) is 5.45. The van der Waals surface area contributed by atoms with Gasteiger partial charge in [-0.1, -0.05) is 24.3 Å². The second kappa shape index (κ2) is 5.34. The third kappa shape index (κ3) is 3.08. The van der Waals surface area contributed by atoms with E-state index < -0.39 is 0 Å². The summed E-state index contributed by atoms with van der Waals surface area (Å²) in [6.45, 7) is 1.96. The summed E-state index contributed by atoms with van der Waals surface area (Å²) in [5.41, 5.74) is 6.90. The van der Waals surface area contributed by atoms with Gasteiger partial charge in [0.1, 0.15) is 11.5 Å². The van der Waals surface area contributed by atoms with Crippen LogP contribution >= 0.6 is 15.9 Å². The van der Waals surface area contributed by atoms with Crippen LogP contribution in [0.1, 0.15) is 18.5 Å². The molecule has 2 aromatic rings. The van der Waals surface area contributed by atoms with E-state index in [1.807, 2.05) is 55.5 Å². The van der Waals surface area contributed by atoms with E-state index in [4.69, 9.17) is 10.5 Å². The van der Waals surface area contributed by atoms with E-state index >= 15 is 0 Å². The predicted molar refractivity (Wildman–Crippen MR) is 73.3 cm³/mol. The summed E-state index contributed by atoms with van der Waals surface area (Å²) in [6, 6.07) is 15.6. The molecule has 17 heavy (non-hydrogen) atoms. The number of halogens is 1. The zero-order valence-corrected chi connectivity index (χ0v) is 11.1. The first-order chi connectivity index (χ1) is 8.16. The highest BCUT2D eigenvalue weighted by molar-refractivity contribution is 9.10. The molecule has 0 fully saturated rings. The fourth-order valence-electron chi connectivity index (χ4n) is 1.50. The number of ether oxygens (including phenoxy) is 1. The molecule has 0 bridgehead atoms. The smallest absolute Gasteiger partial charge is 0.141 e. The zero-order chi connectivity index (χ0) is 12.3. The normalized spacial score (nSPS) is 12.2. The Kier molecular flexibility index (Phi) is 3.82. The van der Waals surface area contributed by atoms with E-state index in [9.17, 15) is 0 Å². The predicted octanol–water partition coefficient (Wildman–Crippen LogP) is 4.26. The molecule has 0 saturated heterocycles.